The van der Waals surface area contributed by atoms with Crippen LogP contribution in [0.1, 0.15) is 6.92 Å². The Balaban J connectivity index is 2.86. The molecule has 0 aliphatic heterocycles. The molecule has 0 saturated carbocycles. The minimum Gasteiger partial charge on any atom is -0.425 e. The highest BCUT2D eigenvalue weighted by atomic mass is 32.2. The summed E-state index contributed by atoms with van der Waals surface area (Å²) in [6.45, 7) is 3.36. The lowest BCUT2D eigenvalue weighted by Crippen LogP contribution is -1.98. The first-order valence-corrected chi connectivity index (χ1v) is 8.84. The molecule has 17 heavy (non-hydrogen) atoms. The van der Waals surface area contributed by atoms with Crippen LogP contribution in [0.3, 0.4) is 0 Å². The molecule has 1 aromatic carbocycles. The van der Waals surface area contributed by atoms with Crippen molar-refractivity contribution in [3.8, 4) is 5.75 Å². The maximum absolute atomic E-state index is 11.7. The smallest absolute Gasteiger partial charge is 0.376 e. The van der Waals surface area contributed by atoms with E-state index in [4.69, 9.17) is 9.05 Å². The standard InChI is InChI=1S/C10H15O5PS/c1-4-14-16(2,11)15-9-5-7-10(8-6-9)17(3,12)13/h5-8H,4H2,1-3H3. The number of sulfone groups is 1. The minimum atomic E-state index is -3.23. The van der Waals surface area contributed by atoms with Crippen LogP contribution in [0, 0.1) is 0 Å². The molecule has 0 aliphatic rings. The van der Waals surface area contributed by atoms with Gasteiger partial charge in [0.2, 0.25) is 0 Å². The van der Waals surface area contributed by atoms with Gasteiger partial charge in [0.25, 0.3) is 0 Å². The van der Waals surface area contributed by atoms with Crippen molar-refractivity contribution in [1.82, 2.24) is 0 Å². The van der Waals surface area contributed by atoms with Crippen molar-refractivity contribution < 1.29 is 22.0 Å². The van der Waals surface area contributed by atoms with Crippen LogP contribution in [-0.2, 0) is 18.9 Å². The SMILES string of the molecule is CCOP(C)(=O)Oc1ccc(S(C)(=O)=O)cc1. The fourth-order valence-electron chi connectivity index (χ4n) is 1.20. The third-order valence-electron chi connectivity index (χ3n) is 1.89. The van der Waals surface area contributed by atoms with E-state index in [9.17, 15) is 13.0 Å². The second-order valence-corrected chi connectivity index (χ2v) is 7.52. The number of hydrogen-bond donors (Lipinski definition) is 0. The Bertz CT molecular complexity index is 520. The van der Waals surface area contributed by atoms with Crippen LogP contribution >= 0.6 is 7.60 Å². The van der Waals surface area contributed by atoms with Crippen LogP contribution in [0.5, 0.6) is 5.75 Å². The van der Waals surface area contributed by atoms with E-state index in [-0.39, 0.29) is 11.5 Å². The van der Waals surface area contributed by atoms with E-state index in [1.807, 2.05) is 0 Å². The molecule has 0 radical (unpaired) electrons. The fraction of sp³-hybridized carbons (Fsp3) is 0.400. The van der Waals surface area contributed by atoms with Gasteiger partial charge in [-0.1, -0.05) is 0 Å². The quantitative estimate of drug-likeness (QED) is 0.773. The summed E-state index contributed by atoms with van der Waals surface area (Å²) >= 11 is 0. The van der Waals surface area contributed by atoms with Crippen LogP contribution < -0.4 is 4.52 Å². The summed E-state index contributed by atoms with van der Waals surface area (Å²) < 4.78 is 44.2. The van der Waals surface area contributed by atoms with E-state index in [0.717, 1.165) is 6.26 Å². The second kappa shape index (κ2) is 5.21. The van der Waals surface area contributed by atoms with Crippen molar-refractivity contribution in [1.29, 1.82) is 0 Å². The largest absolute Gasteiger partial charge is 0.425 e. The Labute approximate surface area is 101 Å². The summed E-state index contributed by atoms with van der Waals surface area (Å²) in [6, 6.07) is 5.70. The van der Waals surface area contributed by atoms with E-state index in [2.05, 4.69) is 0 Å². The molecule has 7 heteroatoms. The molecule has 1 atom stereocenters. The van der Waals surface area contributed by atoms with Gasteiger partial charge in [-0.15, -0.1) is 0 Å². The van der Waals surface area contributed by atoms with Gasteiger partial charge >= 0.3 is 7.60 Å². The highest BCUT2D eigenvalue weighted by Crippen LogP contribution is 2.44. The van der Waals surface area contributed by atoms with E-state index >= 15 is 0 Å². The third-order valence-corrected chi connectivity index (χ3v) is 4.28. The first-order valence-electron chi connectivity index (χ1n) is 4.96. The van der Waals surface area contributed by atoms with Gasteiger partial charge in [0.1, 0.15) is 5.75 Å². The summed E-state index contributed by atoms with van der Waals surface area (Å²) in [5.41, 5.74) is 0. The van der Waals surface area contributed by atoms with Gasteiger partial charge in [-0.25, -0.2) is 13.0 Å². The molecule has 0 aromatic heterocycles. The predicted molar refractivity (Wildman–Crippen MR) is 65.3 cm³/mol. The molecule has 0 heterocycles. The molecule has 1 unspecified atom stereocenters. The van der Waals surface area contributed by atoms with Crippen LogP contribution in [0.4, 0.5) is 0 Å². The van der Waals surface area contributed by atoms with Gasteiger partial charge in [0, 0.05) is 12.9 Å². The van der Waals surface area contributed by atoms with Crippen LogP contribution in [0.25, 0.3) is 0 Å². The van der Waals surface area contributed by atoms with Gasteiger partial charge in [-0.3, -0.25) is 0 Å². The Morgan fingerprint density at radius 3 is 2.18 bits per heavy atom. The highest BCUT2D eigenvalue weighted by Gasteiger charge is 2.17. The van der Waals surface area contributed by atoms with E-state index in [1.165, 1.54) is 30.9 Å². The molecule has 1 rings (SSSR count). The monoisotopic (exact) mass is 278 g/mol. The zero-order valence-electron chi connectivity index (χ0n) is 9.91. The van der Waals surface area contributed by atoms with Crippen molar-refractivity contribution >= 4 is 17.4 Å². The van der Waals surface area contributed by atoms with Crippen molar-refractivity contribution in [3.63, 3.8) is 0 Å². The zero-order valence-corrected chi connectivity index (χ0v) is 11.6. The lowest BCUT2D eigenvalue weighted by atomic mass is 10.3. The molecule has 0 aliphatic carbocycles. The average molecular weight is 278 g/mol. The minimum absolute atomic E-state index is 0.187. The predicted octanol–water partition coefficient (Wildman–Crippen LogP) is 2.33. The van der Waals surface area contributed by atoms with Crippen molar-refractivity contribution in [2.75, 3.05) is 19.5 Å². The van der Waals surface area contributed by atoms with Gasteiger partial charge < -0.3 is 9.05 Å². The molecule has 96 valence electrons. The topological polar surface area (TPSA) is 69.7 Å². The molecule has 1 aromatic rings. The van der Waals surface area contributed by atoms with Gasteiger partial charge in [-0.05, 0) is 31.2 Å². The highest BCUT2D eigenvalue weighted by molar-refractivity contribution is 7.90. The first kappa shape index (κ1) is 14.2. The van der Waals surface area contributed by atoms with Gasteiger partial charge in [0.15, 0.2) is 9.84 Å². The third kappa shape index (κ3) is 4.50. The summed E-state index contributed by atoms with van der Waals surface area (Å²) in [5.74, 6) is 0.316. The first-order chi connectivity index (χ1) is 7.74. The molecule has 5 nitrogen and oxygen atoms in total. The molecular formula is C10H15O5PS. The van der Waals surface area contributed by atoms with E-state index in [0.29, 0.717) is 5.75 Å². The van der Waals surface area contributed by atoms with E-state index < -0.39 is 17.4 Å². The van der Waals surface area contributed by atoms with Crippen molar-refractivity contribution in [2.24, 2.45) is 0 Å². The average Bonchev–Trinajstić information content (AvgIpc) is 2.16. The van der Waals surface area contributed by atoms with Crippen LogP contribution in [0.15, 0.2) is 29.2 Å². The maximum atomic E-state index is 11.7. The number of benzene rings is 1. The molecule has 0 spiro atoms. The lowest BCUT2D eigenvalue weighted by molar-refractivity contribution is 0.284. The number of rotatable bonds is 5. The normalized spacial score (nSPS) is 15.2. The molecule has 0 saturated heterocycles. The van der Waals surface area contributed by atoms with Gasteiger partial charge in [0.05, 0.1) is 11.5 Å². The molecule has 0 N–H and O–H groups in total. The Morgan fingerprint density at radius 2 is 1.76 bits per heavy atom. The second-order valence-electron chi connectivity index (χ2n) is 3.52. The molecule has 0 bridgehead atoms. The summed E-state index contributed by atoms with van der Waals surface area (Å²) in [5, 5.41) is 0. The van der Waals surface area contributed by atoms with Gasteiger partial charge in [-0.2, -0.15) is 0 Å². The summed E-state index contributed by atoms with van der Waals surface area (Å²) in [6.07, 6.45) is 1.12. The summed E-state index contributed by atoms with van der Waals surface area (Å²) in [4.78, 5) is 0.187. The Kier molecular flexibility index (Phi) is 4.36. The Morgan fingerprint density at radius 1 is 1.24 bits per heavy atom. The van der Waals surface area contributed by atoms with Crippen molar-refractivity contribution in [2.45, 2.75) is 11.8 Å². The Hall–Kier alpha value is -0.840. The van der Waals surface area contributed by atoms with Crippen LogP contribution in [0.2, 0.25) is 0 Å². The number of hydrogen-bond acceptors (Lipinski definition) is 5. The molecule has 0 amide bonds. The lowest BCUT2D eigenvalue weighted by Gasteiger charge is -2.14. The zero-order chi connectivity index (χ0) is 13.1. The maximum Gasteiger partial charge on any atom is 0.376 e. The fourth-order valence-corrected chi connectivity index (χ4v) is 2.86. The van der Waals surface area contributed by atoms with Crippen LogP contribution in [-0.4, -0.2) is 27.9 Å². The van der Waals surface area contributed by atoms with Crippen molar-refractivity contribution in [3.05, 3.63) is 24.3 Å². The summed E-state index contributed by atoms with van der Waals surface area (Å²) in [7, 11) is -6.35. The molecule has 0 fully saturated rings. The molecular weight excluding hydrogens is 263 g/mol. The van der Waals surface area contributed by atoms with E-state index in [1.54, 1.807) is 6.92 Å².